The standard InChI is InChI=1S/C10H16BrN5O3S/c1-16-10(9(11)14-15-16)20(18,19)12-6-2-3-8(17)13-7-4-5-7/h7,12H,2-6H2,1H3,(H,13,17). The molecular weight excluding hydrogens is 350 g/mol. The van der Waals surface area contributed by atoms with Crippen molar-refractivity contribution < 1.29 is 13.2 Å². The van der Waals surface area contributed by atoms with Crippen LogP contribution in [0.4, 0.5) is 0 Å². The first kappa shape index (κ1) is 15.4. The van der Waals surface area contributed by atoms with Gasteiger partial charge in [0.1, 0.15) is 0 Å². The van der Waals surface area contributed by atoms with Gasteiger partial charge in [0.15, 0.2) is 4.60 Å². The van der Waals surface area contributed by atoms with Gasteiger partial charge in [-0.1, -0.05) is 5.21 Å². The fourth-order valence-corrected chi connectivity index (χ4v) is 3.82. The van der Waals surface area contributed by atoms with Crippen molar-refractivity contribution >= 4 is 31.9 Å². The Hall–Kier alpha value is -1.00. The van der Waals surface area contributed by atoms with Gasteiger partial charge in [-0.3, -0.25) is 4.79 Å². The largest absolute Gasteiger partial charge is 0.353 e. The van der Waals surface area contributed by atoms with E-state index in [1.54, 1.807) is 0 Å². The summed E-state index contributed by atoms with van der Waals surface area (Å²) in [5.41, 5.74) is 0. The molecule has 112 valence electrons. The van der Waals surface area contributed by atoms with E-state index in [1.807, 2.05) is 0 Å². The van der Waals surface area contributed by atoms with E-state index in [4.69, 9.17) is 0 Å². The summed E-state index contributed by atoms with van der Waals surface area (Å²) >= 11 is 3.04. The Balaban J connectivity index is 1.79. The molecule has 8 nitrogen and oxygen atoms in total. The number of amides is 1. The topological polar surface area (TPSA) is 106 Å². The van der Waals surface area contributed by atoms with Crippen molar-refractivity contribution in [3.8, 4) is 0 Å². The zero-order valence-electron chi connectivity index (χ0n) is 11.0. The number of carbonyl (C=O) groups excluding carboxylic acids is 1. The fourth-order valence-electron chi connectivity index (χ4n) is 1.66. The minimum Gasteiger partial charge on any atom is -0.353 e. The molecule has 0 bridgehead atoms. The SMILES string of the molecule is Cn1nnc(Br)c1S(=O)(=O)NCCCC(=O)NC1CC1. The summed E-state index contributed by atoms with van der Waals surface area (Å²) in [5, 5.41) is 10.1. The highest BCUT2D eigenvalue weighted by Crippen LogP contribution is 2.19. The monoisotopic (exact) mass is 365 g/mol. The van der Waals surface area contributed by atoms with E-state index in [2.05, 4.69) is 36.3 Å². The van der Waals surface area contributed by atoms with Gasteiger partial charge in [0, 0.05) is 26.1 Å². The second kappa shape index (κ2) is 6.19. The number of sulfonamides is 1. The number of hydrogen-bond acceptors (Lipinski definition) is 5. The first-order valence-corrected chi connectivity index (χ1v) is 8.52. The zero-order valence-corrected chi connectivity index (χ0v) is 13.4. The highest BCUT2D eigenvalue weighted by Gasteiger charge is 2.24. The van der Waals surface area contributed by atoms with Crippen LogP contribution in [-0.4, -0.2) is 41.9 Å². The van der Waals surface area contributed by atoms with E-state index in [0.717, 1.165) is 12.8 Å². The molecule has 0 aliphatic heterocycles. The maximum absolute atomic E-state index is 12.0. The third kappa shape index (κ3) is 4.00. The van der Waals surface area contributed by atoms with Crippen LogP contribution in [0.15, 0.2) is 9.63 Å². The lowest BCUT2D eigenvalue weighted by molar-refractivity contribution is -0.121. The van der Waals surface area contributed by atoms with Gasteiger partial charge in [-0.2, -0.15) is 0 Å². The number of nitrogens with zero attached hydrogens (tertiary/aromatic N) is 3. The quantitative estimate of drug-likeness (QED) is 0.657. The second-order valence-corrected chi connectivity index (χ2v) is 7.09. The van der Waals surface area contributed by atoms with Crippen LogP contribution in [-0.2, 0) is 21.9 Å². The van der Waals surface area contributed by atoms with Gasteiger partial charge in [0.05, 0.1) is 0 Å². The minimum absolute atomic E-state index is 0.0278. The van der Waals surface area contributed by atoms with E-state index in [1.165, 1.54) is 11.7 Å². The average molecular weight is 366 g/mol. The van der Waals surface area contributed by atoms with Crippen molar-refractivity contribution in [3.63, 3.8) is 0 Å². The number of hydrogen-bond donors (Lipinski definition) is 2. The van der Waals surface area contributed by atoms with Crippen LogP contribution in [0.25, 0.3) is 0 Å². The fraction of sp³-hybridized carbons (Fsp3) is 0.700. The van der Waals surface area contributed by atoms with E-state index < -0.39 is 10.0 Å². The zero-order chi connectivity index (χ0) is 14.8. The normalized spacial score (nSPS) is 15.3. The number of carbonyl (C=O) groups is 1. The van der Waals surface area contributed by atoms with Crippen molar-refractivity contribution in [2.45, 2.75) is 36.8 Å². The van der Waals surface area contributed by atoms with Crippen molar-refractivity contribution in [2.24, 2.45) is 7.05 Å². The number of aromatic nitrogens is 3. The summed E-state index contributed by atoms with van der Waals surface area (Å²) in [6.07, 6.45) is 2.84. The maximum Gasteiger partial charge on any atom is 0.260 e. The van der Waals surface area contributed by atoms with E-state index >= 15 is 0 Å². The van der Waals surface area contributed by atoms with Crippen LogP contribution in [0.3, 0.4) is 0 Å². The van der Waals surface area contributed by atoms with Gasteiger partial charge in [-0.05, 0) is 35.2 Å². The molecule has 1 saturated carbocycles. The van der Waals surface area contributed by atoms with Crippen LogP contribution in [0.2, 0.25) is 0 Å². The van der Waals surface area contributed by atoms with Crippen LogP contribution < -0.4 is 10.0 Å². The molecule has 0 spiro atoms. The van der Waals surface area contributed by atoms with E-state index in [0.29, 0.717) is 18.9 Å². The third-order valence-corrected chi connectivity index (χ3v) is 5.15. The Kier molecular flexibility index (Phi) is 4.76. The highest BCUT2D eigenvalue weighted by atomic mass is 79.9. The average Bonchev–Trinajstić information content (AvgIpc) is 3.09. The summed E-state index contributed by atoms with van der Waals surface area (Å²) in [6, 6.07) is 0.329. The lowest BCUT2D eigenvalue weighted by atomic mass is 10.3. The minimum atomic E-state index is -3.68. The van der Waals surface area contributed by atoms with Gasteiger partial charge in [0.25, 0.3) is 10.0 Å². The van der Waals surface area contributed by atoms with Crippen LogP contribution >= 0.6 is 15.9 Å². The number of rotatable bonds is 7. The van der Waals surface area contributed by atoms with E-state index in [9.17, 15) is 13.2 Å². The van der Waals surface area contributed by atoms with Crippen molar-refractivity contribution in [1.29, 1.82) is 0 Å². The molecule has 1 aromatic heterocycles. The Morgan fingerprint density at radius 3 is 2.75 bits per heavy atom. The molecule has 0 radical (unpaired) electrons. The predicted molar refractivity (Wildman–Crippen MR) is 74.3 cm³/mol. The van der Waals surface area contributed by atoms with Crippen LogP contribution in [0, 0.1) is 0 Å². The maximum atomic E-state index is 12.0. The molecule has 1 amide bonds. The summed E-state index contributed by atoms with van der Waals surface area (Å²) in [4.78, 5) is 11.4. The van der Waals surface area contributed by atoms with Crippen molar-refractivity contribution in [2.75, 3.05) is 6.54 Å². The van der Waals surface area contributed by atoms with Gasteiger partial charge < -0.3 is 5.32 Å². The summed E-state index contributed by atoms with van der Waals surface area (Å²) in [5.74, 6) is -0.0323. The van der Waals surface area contributed by atoms with Crippen LogP contribution in [0.5, 0.6) is 0 Å². The molecule has 1 aliphatic carbocycles. The van der Waals surface area contributed by atoms with Gasteiger partial charge in [0.2, 0.25) is 10.9 Å². The van der Waals surface area contributed by atoms with Crippen molar-refractivity contribution in [1.82, 2.24) is 25.0 Å². The van der Waals surface area contributed by atoms with Crippen LogP contribution in [0.1, 0.15) is 25.7 Å². The molecule has 10 heteroatoms. The Bertz CT molecular complexity index is 577. The van der Waals surface area contributed by atoms with Gasteiger partial charge >= 0.3 is 0 Å². The lowest BCUT2D eigenvalue weighted by Gasteiger charge is -2.07. The Labute approximate surface area is 125 Å². The molecule has 0 atom stereocenters. The molecule has 2 N–H and O–H groups in total. The summed E-state index contributed by atoms with van der Waals surface area (Å²) in [7, 11) is -2.18. The molecule has 1 aliphatic rings. The smallest absolute Gasteiger partial charge is 0.260 e. The molecule has 0 unspecified atom stereocenters. The third-order valence-electron chi connectivity index (χ3n) is 2.81. The molecule has 1 heterocycles. The van der Waals surface area contributed by atoms with Crippen molar-refractivity contribution in [3.05, 3.63) is 4.60 Å². The van der Waals surface area contributed by atoms with Gasteiger partial charge in [-0.25, -0.2) is 17.8 Å². The molecule has 1 fully saturated rings. The summed E-state index contributed by atoms with van der Waals surface area (Å²) in [6.45, 7) is 0.192. The molecule has 1 aromatic rings. The predicted octanol–water partition coefficient (Wildman–Crippen LogP) is -0.0853. The second-order valence-electron chi connectivity index (χ2n) is 4.65. The highest BCUT2D eigenvalue weighted by molar-refractivity contribution is 9.10. The molecule has 0 saturated heterocycles. The van der Waals surface area contributed by atoms with E-state index in [-0.39, 0.29) is 22.1 Å². The summed E-state index contributed by atoms with van der Waals surface area (Å²) < 4.78 is 27.8. The molecule has 2 rings (SSSR count). The Morgan fingerprint density at radius 2 is 2.20 bits per heavy atom. The number of halogens is 1. The molecule has 20 heavy (non-hydrogen) atoms. The lowest BCUT2D eigenvalue weighted by Crippen LogP contribution is -2.29. The number of aryl methyl sites for hydroxylation is 1. The van der Waals surface area contributed by atoms with Gasteiger partial charge in [-0.15, -0.1) is 5.10 Å². The first-order chi connectivity index (χ1) is 9.40. The first-order valence-electron chi connectivity index (χ1n) is 6.24. The molecule has 0 aromatic carbocycles. The number of nitrogens with one attached hydrogen (secondary N) is 2. The molecular formula is C10H16BrN5O3S. The Morgan fingerprint density at radius 1 is 1.50 bits per heavy atom.